The van der Waals surface area contributed by atoms with E-state index >= 15 is 0 Å². The van der Waals surface area contributed by atoms with Crippen molar-refractivity contribution in [2.75, 3.05) is 93.6 Å². The van der Waals surface area contributed by atoms with Crippen LogP contribution in [0.15, 0.2) is 23.8 Å². The molecule has 1 rings (SSSR count). The standard InChI is InChI=1S/C20H38N2O4/c1-21(9-13-23-2)10-15-25-17-18-26-16-12-22(11-14-24-3)19-20-7-5-4-6-8-20/h5,7-8H,4,6,9-19H2,1-3H3. The van der Waals surface area contributed by atoms with Crippen molar-refractivity contribution < 1.29 is 18.9 Å². The van der Waals surface area contributed by atoms with Crippen LogP contribution in [0.3, 0.4) is 0 Å². The molecule has 1 aliphatic carbocycles. The van der Waals surface area contributed by atoms with Crippen LogP contribution in [0.1, 0.15) is 12.8 Å². The first-order valence-corrected chi connectivity index (χ1v) is 9.66. The Labute approximate surface area is 159 Å². The number of nitrogens with zero attached hydrogens (tertiary/aromatic N) is 2. The van der Waals surface area contributed by atoms with E-state index < -0.39 is 0 Å². The van der Waals surface area contributed by atoms with Gasteiger partial charge in [-0.3, -0.25) is 4.90 Å². The molecule has 0 aromatic heterocycles. The highest BCUT2D eigenvalue weighted by molar-refractivity contribution is 5.23. The Bertz CT molecular complexity index is 388. The molecule has 6 nitrogen and oxygen atoms in total. The molecule has 26 heavy (non-hydrogen) atoms. The average molecular weight is 371 g/mol. The number of ether oxygens (including phenoxy) is 4. The van der Waals surface area contributed by atoms with Crippen molar-refractivity contribution in [2.24, 2.45) is 0 Å². The maximum atomic E-state index is 5.73. The zero-order valence-electron chi connectivity index (χ0n) is 17.0. The second kappa shape index (κ2) is 16.4. The zero-order valence-corrected chi connectivity index (χ0v) is 17.0. The van der Waals surface area contributed by atoms with Gasteiger partial charge >= 0.3 is 0 Å². The summed E-state index contributed by atoms with van der Waals surface area (Å²) in [5, 5.41) is 0. The molecule has 0 spiro atoms. The minimum Gasteiger partial charge on any atom is -0.383 e. The summed E-state index contributed by atoms with van der Waals surface area (Å²) in [4.78, 5) is 4.59. The lowest BCUT2D eigenvalue weighted by atomic mass is 10.1. The van der Waals surface area contributed by atoms with Crippen LogP contribution in [0.2, 0.25) is 0 Å². The Morgan fingerprint density at radius 1 is 0.808 bits per heavy atom. The van der Waals surface area contributed by atoms with Crippen molar-refractivity contribution in [3.63, 3.8) is 0 Å². The monoisotopic (exact) mass is 370 g/mol. The fourth-order valence-corrected chi connectivity index (χ4v) is 2.63. The lowest BCUT2D eigenvalue weighted by Crippen LogP contribution is -2.33. The Balaban J connectivity index is 2.05. The highest BCUT2D eigenvalue weighted by Crippen LogP contribution is 2.11. The molecule has 0 aliphatic heterocycles. The second-order valence-corrected chi connectivity index (χ2v) is 6.55. The van der Waals surface area contributed by atoms with Gasteiger partial charge in [0.15, 0.2) is 0 Å². The SMILES string of the molecule is COCCN(C)CCOCCOCCN(CCOC)CC1=CCCC=C1. The minimum atomic E-state index is 0.641. The summed E-state index contributed by atoms with van der Waals surface area (Å²) < 4.78 is 21.6. The predicted molar refractivity (Wildman–Crippen MR) is 106 cm³/mol. The molecule has 152 valence electrons. The molecule has 0 N–H and O–H groups in total. The summed E-state index contributed by atoms with van der Waals surface area (Å²) in [6, 6.07) is 0. The number of allylic oxidation sites excluding steroid dienone is 2. The maximum Gasteiger partial charge on any atom is 0.0701 e. The van der Waals surface area contributed by atoms with E-state index in [0.29, 0.717) is 13.2 Å². The van der Waals surface area contributed by atoms with Gasteiger partial charge in [0.25, 0.3) is 0 Å². The molecule has 0 fully saturated rings. The third kappa shape index (κ3) is 12.6. The highest BCUT2D eigenvalue weighted by Gasteiger charge is 2.08. The van der Waals surface area contributed by atoms with Gasteiger partial charge in [-0.05, 0) is 25.5 Å². The third-order valence-electron chi connectivity index (χ3n) is 4.31. The van der Waals surface area contributed by atoms with Crippen molar-refractivity contribution in [2.45, 2.75) is 12.8 Å². The number of likely N-dealkylation sites (N-methyl/N-ethyl adjacent to an activating group) is 1. The molecule has 6 heteroatoms. The van der Waals surface area contributed by atoms with E-state index in [9.17, 15) is 0 Å². The van der Waals surface area contributed by atoms with Crippen LogP contribution in [0, 0.1) is 0 Å². The molecule has 0 saturated carbocycles. The van der Waals surface area contributed by atoms with E-state index in [4.69, 9.17) is 18.9 Å². The first-order chi connectivity index (χ1) is 12.8. The number of rotatable bonds is 17. The molecule has 1 aliphatic rings. The molecule has 0 amide bonds. The van der Waals surface area contributed by atoms with E-state index in [1.807, 2.05) is 0 Å². The van der Waals surface area contributed by atoms with Gasteiger partial charge in [0.2, 0.25) is 0 Å². The summed E-state index contributed by atoms with van der Waals surface area (Å²) in [6.07, 6.45) is 9.13. The van der Waals surface area contributed by atoms with Crippen molar-refractivity contribution in [1.29, 1.82) is 0 Å². The fourth-order valence-electron chi connectivity index (χ4n) is 2.63. The van der Waals surface area contributed by atoms with Crippen LogP contribution in [0.5, 0.6) is 0 Å². The van der Waals surface area contributed by atoms with Crippen molar-refractivity contribution >= 4 is 0 Å². The highest BCUT2D eigenvalue weighted by atomic mass is 16.5. The van der Waals surface area contributed by atoms with E-state index in [1.54, 1.807) is 14.2 Å². The Hall–Kier alpha value is -0.760. The normalized spacial score (nSPS) is 14.4. The molecule has 0 bridgehead atoms. The summed E-state index contributed by atoms with van der Waals surface area (Å²) in [5.74, 6) is 0. The van der Waals surface area contributed by atoms with Gasteiger partial charge in [0, 0.05) is 46.9 Å². The molecule has 0 radical (unpaired) electrons. The van der Waals surface area contributed by atoms with Crippen molar-refractivity contribution in [3.05, 3.63) is 23.8 Å². The van der Waals surface area contributed by atoms with Crippen LogP contribution in [0.25, 0.3) is 0 Å². The van der Waals surface area contributed by atoms with Crippen molar-refractivity contribution in [3.8, 4) is 0 Å². The van der Waals surface area contributed by atoms with Gasteiger partial charge in [-0.1, -0.05) is 18.2 Å². The Kier molecular flexibility index (Phi) is 14.7. The van der Waals surface area contributed by atoms with Gasteiger partial charge in [-0.25, -0.2) is 0 Å². The first kappa shape index (κ1) is 23.3. The molecule has 0 aromatic rings. The molecular weight excluding hydrogens is 332 g/mol. The average Bonchev–Trinajstić information content (AvgIpc) is 2.67. The fraction of sp³-hybridized carbons (Fsp3) is 0.800. The van der Waals surface area contributed by atoms with Gasteiger partial charge in [0.1, 0.15) is 0 Å². The molecular formula is C20H38N2O4. The van der Waals surface area contributed by atoms with Crippen molar-refractivity contribution in [1.82, 2.24) is 9.80 Å². The van der Waals surface area contributed by atoms with Gasteiger partial charge in [-0.15, -0.1) is 0 Å². The summed E-state index contributed by atoms with van der Waals surface area (Å²) in [5.41, 5.74) is 1.40. The number of hydrogen-bond acceptors (Lipinski definition) is 6. The van der Waals surface area contributed by atoms with Gasteiger partial charge in [0.05, 0.1) is 39.6 Å². The second-order valence-electron chi connectivity index (χ2n) is 6.55. The van der Waals surface area contributed by atoms with Gasteiger partial charge in [-0.2, -0.15) is 0 Å². The summed E-state index contributed by atoms with van der Waals surface area (Å²) in [7, 11) is 5.55. The molecule has 0 saturated heterocycles. The molecule has 0 atom stereocenters. The third-order valence-corrected chi connectivity index (χ3v) is 4.31. The van der Waals surface area contributed by atoms with E-state index in [1.165, 1.54) is 5.57 Å². The van der Waals surface area contributed by atoms with Crippen LogP contribution < -0.4 is 0 Å². The quantitative estimate of drug-likeness (QED) is 0.364. The van der Waals surface area contributed by atoms with E-state index in [2.05, 4.69) is 35.1 Å². The molecule has 0 aromatic carbocycles. The molecule has 0 unspecified atom stereocenters. The topological polar surface area (TPSA) is 43.4 Å². The van der Waals surface area contributed by atoms with E-state index in [-0.39, 0.29) is 0 Å². The number of methoxy groups -OCH3 is 2. The van der Waals surface area contributed by atoms with Crippen LogP contribution >= 0.6 is 0 Å². The van der Waals surface area contributed by atoms with E-state index in [0.717, 1.165) is 72.0 Å². The van der Waals surface area contributed by atoms with Crippen LogP contribution in [-0.4, -0.2) is 103 Å². The Morgan fingerprint density at radius 2 is 1.42 bits per heavy atom. The summed E-state index contributed by atoms with van der Waals surface area (Å²) >= 11 is 0. The predicted octanol–water partition coefficient (Wildman–Crippen LogP) is 1.82. The zero-order chi connectivity index (χ0) is 18.9. The first-order valence-electron chi connectivity index (χ1n) is 9.66. The maximum absolute atomic E-state index is 5.73. The number of hydrogen-bond donors (Lipinski definition) is 0. The van der Waals surface area contributed by atoms with Crippen LogP contribution in [0.4, 0.5) is 0 Å². The lowest BCUT2D eigenvalue weighted by molar-refractivity contribution is 0.0301. The van der Waals surface area contributed by atoms with Crippen LogP contribution in [-0.2, 0) is 18.9 Å². The summed E-state index contributed by atoms with van der Waals surface area (Å²) in [6.45, 7) is 8.88. The molecule has 0 heterocycles. The van der Waals surface area contributed by atoms with Gasteiger partial charge < -0.3 is 23.8 Å². The lowest BCUT2D eigenvalue weighted by Gasteiger charge is -2.23. The minimum absolute atomic E-state index is 0.641. The Morgan fingerprint density at radius 3 is 2.08 bits per heavy atom. The smallest absolute Gasteiger partial charge is 0.0701 e. The largest absolute Gasteiger partial charge is 0.383 e.